The summed E-state index contributed by atoms with van der Waals surface area (Å²) in [6.07, 6.45) is -4.55. The largest absolute Gasteiger partial charge is 0.574 e. The van der Waals surface area contributed by atoms with E-state index in [1.165, 1.54) is 6.07 Å². The second-order valence-corrected chi connectivity index (χ2v) is 5.32. The number of rotatable bonds is 2. The van der Waals surface area contributed by atoms with Gasteiger partial charge in [-0.05, 0) is 0 Å². The van der Waals surface area contributed by atoms with Crippen LogP contribution in [0.4, 0.5) is 18.9 Å². The van der Waals surface area contributed by atoms with Gasteiger partial charge in [-0.15, -0.1) is 13.2 Å². The Kier molecular flexibility index (Phi) is 3.59. The first-order valence-electron chi connectivity index (χ1n) is 3.95. The van der Waals surface area contributed by atoms with Crippen molar-refractivity contribution in [2.24, 2.45) is 0 Å². The van der Waals surface area contributed by atoms with Crippen LogP contribution in [0.3, 0.4) is 0 Å². The first-order valence-corrected chi connectivity index (χ1v) is 6.26. The lowest BCUT2D eigenvalue weighted by Gasteiger charge is -2.12. The van der Waals surface area contributed by atoms with Crippen molar-refractivity contribution >= 4 is 25.4 Å². The van der Waals surface area contributed by atoms with E-state index < -0.39 is 37.4 Å². The first-order chi connectivity index (χ1) is 8.06. The lowest BCUT2D eigenvalue weighted by atomic mass is 10.3. The molecular formula is C7H3ClF3N3O3S. The molecule has 0 aliphatic rings. The van der Waals surface area contributed by atoms with Crippen molar-refractivity contribution in [2.45, 2.75) is 11.3 Å². The molecule has 0 bridgehead atoms. The summed E-state index contributed by atoms with van der Waals surface area (Å²) in [5, 5.41) is 8.60. The summed E-state index contributed by atoms with van der Waals surface area (Å²) >= 11 is 0. The Morgan fingerprint density at radius 2 is 2.06 bits per heavy atom. The third-order valence-corrected chi connectivity index (χ3v) is 3.00. The van der Waals surface area contributed by atoms with Gasteiger partial charge in [-0.25, -0.2) is 13.4 Å². The predicted octanol–water partition coefficient (Wildman–Crippen LogP) is 1.36. The molecule has 1 aromatic rings. The van der Waals surface area contributed by atoms with Crippen LogP contribution in [0.2, 0.25) is 0 Å². The third-order valence-electron chi connectivity index (χ3n) is 1.61. The van der Waals surface area contributed by atoms with E-state index in [4.69, 9.17) is 21.7 Å². The van der Waals surface area contributed by atoms with Gasteiger partial charge in [0.2, 0.25) is 5.88 Å². The Labute approximate surface area is 103 Å². The Hall–Kier alpha value is -1.73. The Morgan fingerprint density at radius 1 is 1.50 bits per heavy atom. The van der Waals surface area contributed by atoms with Gasteiger partial charge in [0, 0.05) is 10.7 Å². The molecule has 18 heavy (non-hydrogen) atoms. The van der Waals surface area contributed by atoms with Crippen LogP contribution in [0, 0.1) is 11.3 Å². The second kappa shape index (κ2) is 4.51. The van der Waals surface area contributed by atoms with E-state index in [9.17, 15) is 21.6 Å². The van der Waals surface area contributed by atoms with Crippen molar-refractivity contribution in [1.29, 1.82) is 5.26 Å². The zero-order chi connectivity index (χ0) is 14.1. The van der Waals surface area contributed by atoms with Crippen molar-refractivity contribution in [2.75, 3.05) is 5.73 Å². The summed E-state index contributed by atoms with van der Waals surface area (Å²) in [5.41, 5.74) is 3.58. The molecule has 0 atom stereocenters. The van der Waals surface area contributed by atoms with Crippen molar-refractivity contribution in [3.8, 4) is 11.9 Å². The quantitative estimate of drug-likeness (QED) is 0.827. The van der Waals surface area contributed by atoms with Gasteiger partial charge in [0.05, 0.1) is 11.8 Å². The second-order valence-electron chi connectivity index (χ2n) is 2.82. The van der Waals surface area contributed by atoms with Crippen molar-refractivity contribution in [1.82, 2.24) is 4.98 Å². The van der Waals surface area contributed by atoms with Crippen LogP contribution < -0.4 is 10.5 Å². The van der Waals surface area contributed by atoms with Crippen LogP contribution in [-0.4, -0.2) is 19.8 Å². The molecule has 0 unspecified atom stereocenters. The molecule has 11 heteroatoms. The summed E-state index contributed by atoms with van der Waals surface area (Å²) in [5.74, 6) is -1.19. The highest BCUT2D eigenvalue weighted by Gasteiger charge is 2.34. The van der Waals surface area contributed by atoms with Gasteiger partial charge in [0.1, 0.15) is 16.7 Å². The summed E-state index contributed by atoms with van der Waals surface area (Å²) in [6.45, 7) is 0. The number of nitrogens with two attached hydrogens (primary N) is 1. The number of halogens is 4. The van der Waals surface area contributed by atoms with Crippen LogP contribution >= 0.6 is 10.7 Å². The fourth-order valence-corrected chi connectivity index (χ4v) is 2.24. The molecule has 1 heterocycles. The SMILES string of the molecule is N#Cc1cnc(OC(F)(F)F)c(N)c1S(=O)(=O)Cl. The van der Waals surface area contributed by atoms with E-state index >= 15 is 0 Å². The molecule has 0 radical (unpaired) electrons. The molecule has 6 nitrogen and oxygen atoms in total. The van der Waals surface area contributed by atoms with Crippen molar-refractivity contribution in [3.05, 3.63) is 11.8 Å². The molecule has 0 aromatic carbocycles. The number of hydrogen-bond acceptors (Lipinski definition) is 6. The zero-order valence-corrected chi connectivity index (χ0v) is 9.77. The number of nitrogens with zero attached hydrogens (tertiary/aromatic N) is 2. The van der Waals surface area contributed by atoms with Gasteiger partial charge in [-0.3, -0.25) is 0 Å². The molecule has 2 N–H and O–H groups in total. The van der Waals surface area contributed by atoms with Crippen LogP contribution in [-0.2, 0) is 9.05 Å². The average molecular weight is 302 g/mol. The predicted molar refractivity (Wildman–Crippen MR) is 53.1 cm³/mol. The number of pyridine rings is 1. The molecular weight excluding hydrogens is 299 g/mol. The van der Waals surface area contributed by atoms with Crippen LogP contribution in [0.5, 0.6) is 5.88 Å². The van der Waals surface area contributed by atoms with Gasteiger partial charge in [0.15, 0.2) is 0 Å². The monoisotopic (exact) mass is 301 g/mol. The van der Waals surface area contributed by atoms with Crippen molar-refractivity contribution < 1.29 is 26.3 Å². The molecule has 0 aliphatic heterocycles. The molecule has 98 valence electrons. The van der Waals surface area contributed by atoms with E-state index in [1.54, 1.807) is 0 Å². The lowest BCUT2D eigenvalue weighted by Crippen LogP contribution is -2.19. The molecule has 0 amide bonds. The number of nitrogen functional groups attached to an aromatic ring is 1. The highest BCUT2D eigenvalue weighted by molar-refractivity contribution is 8.14. The van der Waals surface area contributed by atoms with E-state index in [0.29, 0.717) is 6.20 Å². The number of hydrogen-bond donors (Lipinski definition) is 1. The summed E-state index contributed by atoms with van der Waals surface area (Å²) in [7, 11) is 0.451. The smallest absolute Gasteiger partial charge is 0.393 e. The minimum Gasteiger partial charge on any atom is -0.393 e. The highest BCUT2D eigenvalue weighted by atomic mass is 35.7. The maximum absolute atomic E-state index is 12.0. The van der Waals surface area contributed by atoms with Gasteiger partial charge in [0.25, 0.3) is 9.05 Å². The van der Waals surface area contributed by atoms with Crippen LogP contribution in [0.1, 0.15) is 5.56 Å². The van der Waals surface area contributed by atoms with Gasteiger partial charge in [-0.1, -0.05) is 0 Å². The zero-order valence-electron chi connectivity index (χ0n) is 8.19. The Morgan fingerprint density at radius 3 is 2.44 bits per heavy atom. The van der Waals surface area contributed by atoms with Gasteiger partial charge >= 0.3 is 6.36 Å². The highest BCUT2D eigenvalue weighted by Crippen LogP contribution is 2.34. The van der Waals surface area contributed by atoms with Crippen LogP contribution in [0.15, 0.2) is 11.1 Å². The number of nitriles is 1. The van der Waals surface area contributed by atoms with E-state index in [0.717, 1.165) is 0 Å². The molecule has 1 aromatic heterocycles. The summed E-state index contributed by atoms with van der Waals surface area (Å²) < 4.78 is 61.5. The molecule has 0 spiro atoms. The average Bonchev–Trinajstić information content (AvgIpc) is 2.16. The van der Waals surface area contributed by atoms with E-state index in [1.807, 2.05) is 0 Å². The number of alkyl halides is 3. The molecule has 1 rings (SSSR count). The van der Waals surface area contributed by atoms with E-state index in [-0.39, 0.29) is 0 Å². The maximum Gasteiger partial charge on any atom is 0.574 e. The fourth-order valence-electron chi connectivity index (χ4n) is 1.03. The maximum atomic E-state index is 12.0. The van der Waals surface area contributed by atoms with Crippen LogP contribution in [0.25, 0.3) is 0 Å². The Bertz CT molecular complexity index is 623. The minimum atomic E-state index is -5.11. The molecule has 0 aliphatic carbocycles. The summed E-state index contributed by atoms with van der Waals surface area (Å²) in [6, 6.07) is 1.39. The number of aromatic nitrogens is 1. The minimum absolute atomic E-state index is 0.562. The molecule has 0 saturated heterocycles. The number of ether oxygens (including phenoxy) is 1. The molecule has 0 fully saturated rings. The summed E-state index contributed by atoms with van der Waals surface area (Å²) in [4.78, 5) is 2.12. The normalized spacial score (nSPS) is 11.9. The molecule has 0 saturated carbocycles. The fraction of sp³-hybridized carbons (Fsp3) is 0.143. The van der Waals surface area contributed by atoms with Gasteiger partial charge < -0.3 is 10.5 Å². The van der Waals surface area contributed by atoms with Gasteiger partial charge in [-0.2, -0.15) is 5.26 Å². The topological polar surface area (TPSA) is 106 Å². The lowest BCUT2D eigenvalue weighted by molar-refractivity contribution is -0.275. The third kappa shape index (κ3) is 3.14. The van der Waals surface area contributed by atoms with E-state index in [2.05, 4.69) is 9.72 Å². The number of anilines is 1. The first kappa shape index (κ1) is 14.3. The standard InChI is InChI=1S/C7H3ClF3N3O3S/c8-18(15,16)5-3(1-12)2-14-6(4(5)13)17-7(9,10)11/h2H,13H2. The Balaban J connectivity index is 3.51. The van der Waals surface area contributed by atoms with Crippen molar-refractivity contribution in [3.63, 3.8) is 0 Å².